The van der Waals surface area contributed by atoms with E-state index in [-0.39, 0.29) is 0 Å². The van der Waals surface area contributed by atoms with Gasteiger partial charge in [0.2, 0.25) is 0 Å². The number of fused-ring (bicyclic) bond motifs is 15. The van der Waals surface area contributed by atoms with Crippen molar-refractivity contribution < 1.29 is 63.6 Å². The highest BCUT2D eigenvalue weighted by Crippen LogP contribution is 2.57. The SMILES string of the molecule is CC[Si]1(C)O[Si](C)(CCC2CC3C=CC2C3)O[Si](C)(CCC2CC3C=CC2C3)O[Si](C)(CCC2CC3C=CC2C3)O1.CC[Si]1(C)O[Si](C)(CCC2CC3C=CC2C3)O[Si](C)(CCC2CC3C=CC2C3)O[Si](C)(CCC2CC3C=CC2C3)O1.CC[Si]1(C)O[Si](C)(CCC2CCC3OC3C2)O[Si](C)(CCC2CCC3OC3C2)O[Si](C)(CCC2CCC3OC3C2)O1. The summed E-state index contributed by atoms with van der Waals surface area (Å²) in [6.07, 6.45) is 72.0. The van der Waals surface area contributed by atoms with Gasteiger partial charge in [0.25, 0.3) is 0 Å². The molecule has 0 spiro atoms. The Hall–Kier alpha value is 0.443. The van der Waals surface area contributed by atoms with E-state index in [0.29, 0.717) is 36.6 Å². The topological polar surface area (TPSA) is 148 Å². The molecular weight excluding hydrogens is 1730 g/mol. The molecule has 0 amide bonds. The summed E-state index contributed by atoms with van der Waals surface area (Å²) in [4.78, 5) is 0. The molecule has 6 saturated heterocycles. The van der Waals surface area contributed by atoms with Crippen molar-refractivity contribution in [2.45, 2.75) is 401 Å². The molecule has 21 rings (SSSR count). The van der Waals surface area contributed by atoms with Gasteiger partial charge < -0.3 is 63.6 Å². The zero-order valence-electron chi connectivity index (χ0n) is 79.3. The highest BCUT2D eigenvalue weighted by Gasteiger charge is 2.63. The van der Waals surface area contributed by atoms with Gasteiger partial charge in [0.1, 0.15) is 0 Å². The first-order chi connectivity index (χ1) is 58.6. The Balaban J connectivity index is 0.000000121. The van der Waals surface area contributed by atoms with Gasteiger partial charge in [0, 0.05) is 0 Å². The number of ether oxygens (including phenoxy) is 3. The highest BCUT2D eigenvalue weighted by atomic mass is 28.5. The van der Waals surface area contributed by atoms with Crippen LogP contribution in [0.1, 0.15) is 213 Å². The zero-order valence-corrected chi connectivity index (χ0v) is 91.3. The minimum absolute atomic E-state index is 0.528. The molecule has 27 heteroatoms. The van der Waals surface area contributed by atoms with E-state index >= 15 is 0 Å². The summed E-state index contributed by atoms with van der Waals surface area (Å²) in [5, 5.41) is 0. The van der Waals surface area contributed by atoms with Gasteiger partial charge in [-0.3, -0.25) is 0 Å². The number of rotatable bonds is 30. The molecule has 33 unspecified atom stereocenters. The third-order valence-electron chi connectivity index (χ3n) is 36.8. The average Bonchev–Trinajstić information content (AvgIpc) is 1.67. The molecule has 0 aromatic rings. The number of epoxide rings is 3. The van der Waals surface area contributed by atoms with Crippen molar-refractivity contribution in [2.24, 2.45) is 124 Å². The van der Waals surface area contributed by atoms with Crippen LogP contribution in [-0.4, -0.2) is 139 Å². The van der Waals surface area contributed by atoms with Crippen LogP contribution in [0.5, 0.6) is 0 Å². The molecule has 0 radical (unpaired) electrons. The van der Waals surface area contributed by atoms with Crippen molar-refractivity contribution in [1.82, 2.24) is 0 Å². The molecule has 33 atom stereocenters. The fourth-order valence-electron chi connectivity index (χ4n) is 29.8. The van der Waals surface area contributed by atoms with Crippen LogP contribution in [0.25, 0.3) is 0 Å². The first-order valence-corrected chi connectivity index (χ1v) is 82.3. The molecule has 15 aliphatic carbocycles. The van der Waals surface area contributed by atoms with Gasteiger partial charge in [0.15, 0.2) is 0 Å². The standard InChI is InChI=1S/2C33H56O4Si4.C30H56O7Si4/c2*1-6-38(2)34-39(3,16-13-31-22-25-7-10-28(31)19-25)36-41(5,18-15-33-24-27-9-12-30(33)21-27)37-40(4,35-38)17-14-32-23-26-8-11-29(32)20-26;1-6-38(2)34-39(3,16-13-22-7-10-25-28(19-22)31-25)36-41(5,18-15-24-9-12-27-30(21-24)33-27)37-40(4,35-38)17-14-23-8-11-26-29(20-23)32-26/h2*7-12,25-33H,6,13-24H2,1-5H3;22-30H,6-21H2,1-5H3. The Labute approximate surface area is 758 Å². The maximum absolute atomic E-state index is 7.54. The summed E-state index contributed by atoms with van der Waals surface area (Å²) in [5.41, 5.74) is 0. The maximum Gasteiger partial charge on any atom is 0.317 e. The van der Waals surface area contributed by atoms with Gasteiger partial charge in [-0.2, -0.15) is 0 Å². The molecule has 21 aliphatic rings. The minimum Gasteiger partial charge on any atom is -0.416 e. The van der Waals surface area contributed by atoms with E-state index in [2.05, 4.69) is 172 Å². The third-order valence-corrected chi connectivity index (χ3v) is 92.9. The first-order valence-electron chi connectivity index (χ1n) is 52.0. The maximum atomic E-state index is 7.54. The van der Waals surface area contributed by atoms with Crippen molar-refractivity contribution >= 4 is 103 Å². The normalized spacial score (nSPS) is 53.4. The number of allylic oxidation sites excluding steroid dienone is 12. The van der Waals surface area contributed by atoms with E-state index in [9.17, 15) is 0 Å². The molecule has 123 heavy (non-hydrogen) atoms. The van der Waals surface area contributed by atoms with Gasteiger partial charge in [-0.05, 0) is 468 Å². The molecule has 9 saturated carbocycles. The summed E-state index contributed by atoms with van der Waals surface area (Å²) < 4.78 is 107. The molecule has 6 heterocycles. The van der Waals surface area contributed by atoms with E-state index < -0.39 is 103 Å². The van der Waals surface area contributed by atoms with Crippen molar-refractivity contribution in [1.29, 1.82) is 0 Å². The third kappa shape index (κ3) is 22.3. The summed E-state index contributed by atoms with van der Waals surface area (Å²) in [6.45, 7) is 35.3. The summed E-state index contributed by atoms with van der Waals surface area (Å²) in [7, 11) is -29.7. The molecule has 15 fully saturated rings. The fourth-order valence-corrected chi connectivity index (χ4v) is 99.1. The van der Waals surface area contributed by atoms with Crippen LogP contribution < -0.4 is 0 Å². The van der Waals surface area contributed by atoms with E-state index in [1.807, 2.05) is 0 Å². The Morgan fingerprint density at radius 1 is 0.187 bits per heavy atom. The van der Waals surface area contributed by atoms with Gasteiger partial charge >= 0.3 is 103 Å². The quantitative estimate of drug-likeness (QED) is 0.0381. The van der Waals surface area contributed by atoms with Crippen molar-refractivity contribution in [3.63, 3.8) is 0 Å². The lowest BCUT2D eigenvalue weighted by atomic mass is 9.88. The van der Waals surface area contributed by atoms with Crippen LogP contribution in [0.2, 0.25) is 151 Å². The van der Waals surface area contributed by atoms with Crippen molar-refractivity contribution in [2.75, 3.05) is 0 Å². The predicted molar refractivity (Wildman–Crippen MR) is 520 cm³/mol. The summed E-state index contributed by atoms with van der Waals surface area (Å²) >= 11 is 0. The Bertz CT molecular complexity index is 3550. The Kier molecular flexibility index (Phi) is 27.4. The number of hydrogen-bond donors (Lipinski definition) is 0. The van der Waals surface area contributed by atoms with E-state index in [4.69, 9.17) is 63.6 Å². The zero-order chi connectivity index (χ0) is 85.4. The van der Waals surface area contributed by atoms with Crippen LogP contribution >= 0.6 is 0 Å². The lowest BCUT2D eigenvalue weighted by Crippen LogP contribution is -2.67. The molecule has 0 N–H and O–H groups in total. The van der Waals surface area contributed by atoms with Gasteiger partial charge in [-0.15, -0.1) is 0 Å². The summed E-state index contributed by atoms with van der Waals surface area (Å²) in [5.74, 6) is 16.8. The lowest BCUT2D eigenvalue weighted by molar-refractivity contribution is 0.212. The molecule has 15 nitrogen and oxygen atoms in total. The van der Waals surface area contributed by atoms with E-state index in [1.54, 1.807) is 0 Å². The second-order valence-corrected chi connectivity index (χ2v) is 91.3. The second kappa shape index (κ2) is 36.5. The minimum atomic E-state index is -2.54. The Morgan fingerprint density at radius 2 is 0.358 bits per heavy atom. The fraction of sp³-hybridized carbons (Fsp3) is 0.875. The molecule has 6 aliphatic heterocycles. The van der Waals surface area contributed by atoms with Crippen LogP contribution in [0.3, 0.4) is 0 Å². The largest absolute Gasteiger partial charge is 0.416 e. The molecule has 12 bridgehead atoms. The van der Waals surface area contributed by atoms with Gasteiger partial charge in [-0.1, -0.05) is 93.7 Å². The molecule has 0 aromatic heterocycles. The van der Waals surface area contributed by atoms with Crippen molar-refractivity contribution in [3.8, 4) is 0 Å². The molecule has 0 aromatic carbocycles. The van der Waals surface area contributed by atoms with Gasteiger partial charge in [-0.25, -0.2) is 0 Å². The van der Waals surface area contributed by atoms with Gasteiger partial charge in [0.05, 0.1) is 36.6 Å². The molecule has 690 valence electrons. The molecular formula is C96H168O15Si12. The van der Waals surface area contributed by atoms with Crippen molar-refractivity contribution in [3.05, 3.63) is 72.9 Å². The van der Waals surface area contributed by atoms with E-state index in [0.717, 1.165) is 197 Å². The highest BCUT2D eigenvalue weighted by molar-refractivity contribution is 6.96. The summed E-state index contributed by atoms with van der Waals surface area (Å²) in [6, 6.07) is 12.7. The average molecular weight is 1900 g/mol. The first kappa shape index (κ1) is 92.5. The monoisotopic (exact) mass is 1900 g/mol. The van der Waals surface area contributed by atoms with Crippen LogP contribution in [-0.2, 0) is 63.6 Å². The van der Waals surface area contributed by atoms with Crippen LogP contribution in [0, 0.1) is 124 Å². The number of hydrogen-bond acceptors (Lipinski definition) is 15. The lowest BCUT2D eigenvalue weighted by Gasteiger charge is -2.51. The second-order valence-electron chi connectivity index (χ2n) is 47.7. The Morgan fingerprint density at radius 3 is 0.504 bits per heavy atom. The predicted octanol–water partition coefficient (Wildman–Crippen LogP) is 25.6. The van der Waals surface area contributed by atoms with Crippen LogP contribution in [0.4, 0.5) is 0 Å². The smallest absolute Gasteiger partial charge is 0.317 e. The van der Waals surface area contributed by atoms with Crippen LogP contribution in [0.15, 0.2) is 72.9 Å². The van der Waals surface area contributed by atoms with E-state index in [1.165, 1.54) is 193 Å².